The van der Waals surface area contributed by atoms with E-state index in [2.05, 4.69) is 10.3 Å². The zero-order chi connectivity index (χ0) is 16.3. The van der Waals surface area contributed by atoms with Gasteiger partial charge in [0.2, 0.25) is 5.91 Å². The average Bonchev–Trinajstić information content (AvgIpc) is 2.47. The Morgan fingerprint density at radius 3 is 2.59 bits per heavy atom. The molecule has 22 heavy (non-hydrogen) atoms. The second kappa shape index (κ2) is 6.20. The number of aromatic amines is 1. The van der Waals surface area contributed by atoms with Crippen LogP contribution in [0.5, 0.6) is 0 Å². The van der Waals surface area contributed by atoms with Gasteiger partial charge in [-0.15, -0.1) is 0 Å². The lowest BCUT2D eigenvalue weighted by Crippen LogP contribution is -2.06. The molecule has 0 aliphatic heterocycles. The first-order valence-corrected chi connectivity index (χ1v) is 6.73. The molecular formula is C15H13N5OS. The second-order valence-corrected chi connectivity index (χ2v) is 4.95. The van der Waals surface area contributed by atoms with Crippen LogP contribution in [0.4, 0.5) is 11.5 Å². The smallest absolute Gasteiger partial charge is 0.221 e. The van der Waals surface area contributed by atoms with Gasteiger partial charge in [-0.05, 0) is 17.7 Å². The molecule has 0 aliphatic rings. The maximum absolute atomic E-state index is 11.0. The van der Waals surface area contributed by atoms with Crippen molar-refractivity contribution in [2.24, 2.45) is 0 Å². The van der Waals surface area contributed by atoms with Gasteiger partial charge < -0.3 is 21.4 Å². The molecule has 0 spiro atoms. The van der Waals surface area contributed by atoms with E-state index in [1.54, 1.807) is 24.3 Å². The molecular weight excluding hydrogens is 298 g/mol. The van der Waals surface area contributed by atoms with Gasteiger partial charge in [0.05, 0.1) is 0 Å². The van der Waals surface area contributed by atoms with Crippen LogP contribution in [0.1, 0.15) is 18.1 Å². The number of nitriles is 1. The lowest BCUT2D eigenvalue weighted by Gasteiger charge is -2.12. The van der Waals surface area contributed by atoms with Crippen LogP contribution in [0.15, 0.2) is 24.3 Å². The lowest BCUT2D eigenvalue weighted by molar-refractivity contribution is -0.114. The summed E-state index contributed by atoms with van der Waals surface area (Å²) >= 11 is 5.16. The molecule has 0 radical (unpaired) electrons. The first kappa shape index (κ1) is 15.4. The third kappa shape index (κ3) is 2.87. The van der Waals surface area contributed by atoms with Crippen molar-refractivity contribution in [2.75, 3.05) is 11.1 Å². The van der Waals surface area contributed by atoms with Crippen LogP contribution >= 0.6 is 12.2 Å². The number of aromatic nitrogens is 1. The predicted molar refractivity (Wildman–Crippen MR) is 88.4 cm³/mol. The number of hydrogen-bond donors (Lipinski definition) is 4. The van der Waals surface area contributed by atoms with Crippen molar-refractivity contribution < 1.29 is 4.79 Å². The molecule has 1 aromatic carbocycles. The van der Waals surface area contributed by atoms with Crippen molar-refractivity contribution in [3.63, 3.8) is 0 Å². The molecule has 0 aliphatic carbocycles. The maximum Gasteiger partial charge on any atom is 0.221 e. The van der Waals surface area contributed by atoms with Crippen molar-refractivity contribution >= 4 is 35.8 Å². The maximum atomic E-state index is 11.0. The third-order valence-corrected chi connectivity index (χ3v) is 3.35. The van der Waals surface area contributed by atoms with Crippen LogP contribution in [0, 0.1) is 21.4 Å². The molecule has 0 fully saturated rings. The van der Waals surface area contributed by atoms with Gasteiger partial charge >= 0.3 is 0 Å². The van der Waals surface area contributed by atoms with Gasteiger partial charge in [0.25, 0.3) is 0 Å². The molecule has 0 saturated carbocycles. The number of rotatable bonds is 3. The van der Waals surface area contributed by atoms with Crippen molar-refractivity contribution in [3.8, 4) is 17.2 Å². The Morgan fingerprint density at radius 1 is 1.45 bits per heavy atom. The van der Waals surface area contributed by atoms with Crippen LogP contribution in [-0.4, -0.2) is 17.1 Å². The molecule has 0 saturated heterocycles. The van der Waals surface area contributed by atoms with Gasteiger partial charge in [0.1, 0.15) is 22.1 Å². The fourth-order valence-electron chi connectivity index (χ4n) is 2.11. The molecule has 0 bridgehead atoms. The van der Waals surface area contributed by atoms with Gasteiger partial charge in [-0.3, -0.25) is 4.79 Å². The number of nitrogens with zero attached hydrogens (tertiary/aromatic N) is 1. The van der Waals surface area contributed by atoms with Crippen LogP contribution in [0.25, 0.3) is 11.1 Å². The third-order valence-electron chi connectivity index (χ3n) is 3.03. The first-order chi connectivity index (χ1) is 10.5. The van der Waals surface area contributed by atoms with E-state index in [9.17, 15) is 10.1 Å². The Kier molecular flexibility index (Phi) is 4.34. The zero-order valence-electron chi connectivity index (χ0n) is 11.7. The molecule has 1 heterocycles. The SMILES string of the molecule is CC(=O)Nc1ccc(-c2c(C#N)c(N)[nH]c(=S)c2C=N)cc1. The topological polar surface area (TPSA) is 119 Å². The van der Waals surface area contributed by atoms with Crippen LogP contribution in [-0.2, 0) is 4.79 Å². The Hall–Kier alpha value is -2.98. The number of nitrogen functional groups attached to an aromatic ring is 1. The van der Waals surface area contributed by atoms with Crippen molar-refractivity contribution in [2.45, 2.75) is 6.92 Å². The van der Waals surface area contributed by atoms with E-state index in [0.29, 0.717) is 27.0 Å². The second-order valence-electron chi connectivity index (χ2n) is 4.55. The zero-order valence-corrected chi connectivity index (χ0v) is 12.5. The molecule has 2 rings (SSSR count). The minimum absolute atomic E-state index is 0.166. The fraction of sp³-hybridized carbons (Fsp3) is 0.0667. The van der Waals surface area contributed by atoms with Gasteiger partial charge in [-0.25, -0.2) is 0 Å². The summed E-state index contributed by atoms with van der Waals surface area (Å²) in [6, 6.07) is 8.93. The largest absolute Gasteiger partial charge is 0.384 e. The molecule has 5 N–H and O–H groups in total. The standard InChI is InChI=1S/C15H13N5OS/c1-8(21)19-10-4-2-9(3-5-10)13-11(6-16)14(18)20-15(22)12(13)7-17/h2-5,7,17H,1H3,(H,19,21)(H3,18,20,22). The normalized spacial score (nSPS) is 9.82. The van der Waals surface area contributed by atoms with Gasteiger partial charge in [0, 0.05) is 30.0 Å². The summed E-state index contributed by atoms with van der Waals surface area (Å²) in [5.74, 6) is -0.00363. The van der Waals surface area contributed by atoms with Crippen molar-refractivity contribution in [1.29, 1.82) is 10.7 Å². The minimum Gasteiger partial charge on any atom is -0.384 e. The number of anilines is 2. The van der Waals surface area contributed by atoms with E-state index >= 15 is 0 Å². The quantitative estimate of drug-likeness (QED) is 0.514. The predicted octanol–water partition coefficient (Wildman–Crippen LogP) is 2.82. The number of hydrogen-bond acceptors (Lipinski definition) is 5. The van der Waals surface area contributed by atoms with E-state index < -0.39 is 0 Å². The Balaban J connectivity index is 2.66. The highest BCUT2D eigenvalue weighted by Crippen LogP contribution is 2.30. The number of nitrogens with one attached hydrogen (secondary N) is 3. The lowest BCUT2D eigenvalue weighted by atomic mass is 9.96. The molecule has 6 nitrogen and oxygen atoms in total. The Morgan fingerprint density at radius 2 is 2.09 bits per heavy atom. The summed E-state index contributed by atoms with van der Waals surface area (Å²) in [6.07, 6.45) is 1.09. The molecule has 1 aromatic heterocycles. The summed E-state index contributed by atoms with van der Waals surface area (Å²) in [4.78, 5) is 13.8. The minimum atomic E-state index is -0.169. The number of H-pyrrole nitrogens is 1. The van der Waals surface area contributed by atoms with E-state index in [-0.39, 0.29) is 17.3 Å². The summed E-state index contributed by atoms with van der Waals surface area (Å²) in [5, 5.41) is 19.5. The molecule has 7 heteroatoms. The highest BCUT2D eigenvalue weighted by molar-refractivity contribution is 7.71. The summed E-state index contributed by atoms with van der Waals surface area (Å²) < 4.78 is 0.299. The first-order valence-electron chi connectivity index (χ1n) is 6.32. The monoisotopic (exact) mass is 311 g/mol. The molecule has 110 valence electrons. The van der Waals surface area contributed by atoms with Crippen molar-refractivity contribution in [1.82, 2.24) is 4.98 Å². The number of nitrogens with two attached hydrogens (primary N) is 1. The number of carbonyl (C=O) groups is 1. The van der Waals surface area contributed by atoms with Crippen LogP contribution in [0.3, 0.4) is 0 Å². The van der Waals surface area contributed by atoms with E-state index in [1.165, 1.54) is 6.92 Å². The number of amides is 1. The van der Waals surface area contributed by atoms with Crippen LogP contribution in [0.2, 0.25) is 0 Å². The summed E-state index contributed by atoms with van der Waals surface area (Å²) in [7, 11) is 0. The summed E-state index contributed by atoms with van der Waals surface area (Å²) in [5.41, 5.74) is 8.31. The van der Waals surface area contributed by atoms with Gasteiger partial charge in [-0.1, -0.05) is 24.4 Å². The van der Waals surface area contributed by atoms with E-state index in [4.69, 9.17) is 23.4 Å². The van der Waals surface area contributed by atoms with Crippen molar-refractivity contribution in [3.05, 3.63) is 40.0 Å². The Labute approximate surface area is 132 Å². The highest BCUT2D eigenvalue weighted by atomic mass is 32.1. The number of carbonyl (C=O) groups excluding carboxylic acids is 1. The molecule has 0 unspecified atom stereocenters. The average molecular weight is 311 g/mol. The molecule has 2 aromatic rings. The number of benzene rings is 1. The Bertz CT molecular complexity index is 846. The summed E-state index contributed by atoms with van der Waals surface area (Å²) in [6.45, 7) is 1.42. The molecule has 1 amide bonds. The van der Waals surface area contributed by atoms with E-state index in [1.807, 2.05) is 6.07 Å². The van der Waals surface area contributed by atoms with Gasteiger partial charge in [-0.2, -0.15) is 5.26 Å². The van der Waals surface area contributed by atoms with Gasteiger partial charge in [0.15, 0.2) is 0 Å². The highest BCUT2D eigenvalue weighted by Gasteiger charge is 2.15. The van der Waals surface area contributed by atoms with E-state index in [0.717, 1.165) is 6.21 Å². The van der Waals surface area contributed by atoms with Crippen LogP contribution < -0.4 is 11.1 Å². The fourth-order valence-corrected chi connectivity index (χ4v) is 2.38. The molecule has 0 atom stereocenters. The number of pyridine rings is 1.